The van der Waals surface area contributed by atoms with Gasteiger partial charge in [-0.2, -0.15) is 5.10 Å². The number of hydrogen-bond donors (Lipinski definition) is 2. The topological polar surface area (TPSA) is 78.8 Å². The smallest absolute Gasteiger partial charge is 0.293 e. The second-order valence-electron chi connectivity index (χ2n) is 6.78. The summed E-state index contributed by atoms with van der Waals surface area (Å²) in [6.45, 7) is 5.20. The van der Waals surface area contributed by atoms with E-state index in [9.17, 15) is 4.79 Å². The van der Waals surface area contributed by atoms with Crippen molar-refractivity contribution in [3.05, 3.63) is 52.7 Å². The fraction of sp³-hybridized carbons (Fsp3) is 0.421. The van der Waals surface area contributed by atoms with Crippen molar-refractivity contribution in [2.45, 2.75) is 38.9 Å². The van der Waals surface area contributed by atoms with Crippen LogP contribution in [0.15, 0.2) is 41.6 Å². The van der Waals surface area contributed by atoms with Crippen molar-refractivity contribution in [3.8, 4) is 0 Å². The van der Waals surface area contributed by atoms with Crippen LogP contribution in [-0.4, -0.2) is 38.9 Å². The van der Waals surface area contributed by atoms with E-state index in [0.29, 0.717) is 18.4 Å². The van der Waals surface area contributed by atoms with Crippen LogP contribution in [0.1, 0.15) is 25.3 Å². The molecule has 0 amide bonds. The molecule has 0 bridgehead atoms. The quantitative estimate of drug-likeness (QED) is 0.733. The number of piperidine rings is 1. The standard InChI is InChI=1S/C19H24N6O/c1-2-24-10-7-20-18(19(24)26)25-8-5-16(6-9-25)21-12-14-3-4-15-13-22-23-17(15)11-14/h3-4,7,10-11,13,16,21H,2,5-6,8-9,12H2,1H3,(H,22,23). The van der Waals surface area contributed by atoms with Gasteiger partial charge in [0.15, 0.2) is 5.82 Å². The molecule has 0 atom stereocenters. The van der Waals surface area contributed by atoms with Crippen molar-refractivity contribution in [2.75, 3.05) is 18.0 Å². The molecule has 7 nitrogen and oxygen atoms in total. The van der Waals surface area contributed by atoms with E-state index in [1.807, 2.05) is 13.1 Å². The molecule has 1 aliphatic heterocycles. The maximum atomic E-state index is 12.4. The molecule has 0 radical (unpaired) electrons. The molecule has 1 aromatic carbocycles. The molecule has 0 saturated carbocycles. The molecule has 0 spiro atoms. The van der Waals surface area contributed by atoms with Crippen LogP contribution in [-0.2, 0) is 13.1 Å². The monoisotopic (exact) mass is 352 g/mol. The van der Waals surface area contributed by atoms with Crippen LogP contribution >= 0.6 is 0 Å². The third-order valence-electron chi connectivity index (χ3n) is 5.13. The molecule has 2 aromatic heterocycles. The first-order valence-corrected chi connectivity index (χ1v) is 9.20. The van der Waals surface area contributed by atoms with E-state index >= 15 is 0 Å². The normalized spacial score (nSPS) is 15.7. The molecular formula is C19H24N6O. The zero-order valence-electron chi connectivity index (χ0n) is 15.0. The fourth-order valence-corrected chi connectivity index (χ4v) is 3.55. The number of hydrogen-bond acceptors (Lipinski definition) is 5. The first-order chi connectivity index (χ1) is 12.7. The number of benzene rings is 1. The lowest BCUT2D eigenvalue weighted by atomic mass is 10.0. The predicted octanol–water partition coefficient (Wildman–Crippen LogP) is 1.90. The Balaban J connectivity index is 1.34. The number of aryl methyl sites for hydroxylation is 1. The van der Waals surface area contributed by atoms with Crippen LogP contribution in [0.25, 0.3) is 10.9 Å². The van der Waals surface area contributed by atoms with Crippen molar-refractivity contribution < 1.29 is 0 Å². The summed E-state index contributed by atoms with van der Waals surface area (Å²) in [6, 6.07) is 6.84. The van der Waals surface area contributed by atoms with Gasteiger partial charge in [0.05, 0.1) is 11.7 Å². The molecule has 2 N–H and O–H groups in total. The molecule has 0 unspecified atom stereocenters. The van der Waals surface area contributed by atoms with Gasteiger partial charge in [-0.25, -0.2) is 4.98 Å². The second kappa shape index (κ2) is 7.29. The summed E-state index contributed by atoms with van der Waals surface area (Å²) in [5.74, 6) is 0.581. The van der Waals surface area contributed by atoms with E-state index in [1.54, 1.807) is 17.0 Å². The minimum Gasteiger partial charge on any atom is -0.352 e. The Hall–Kier alpha value is -2.67. The number of nitrogens with one attached hydrogen (secondary N) is 2. The molecular weight excluding hydrogens is 328 g/mol. The van der Waals surface area contributed by atoms with Crippen LogP contribution in [0.5, 0.6) is 0 Å². The van der Waals surface area contributed by atoms with Crippen molar-refractivity contribution >= 4 is 16.7 Å². The van der Waals surface area contributed by atoms with Gasteiger partial charge < -0.3 is 14.8 Å². The van der Waals surface area contributed by atoms with Gasteiger partial charge in [0.25, 0.3) is 5.56 Å². The number of H-pyrrole nitrogens is 1. The Kier molecular flexibility index (Phi) is 4.71. The summed E-state index contributed by atoms with van der Waals surface area (Å²) in [5, 5.41) is 11.9. The number of fused-ring (bicyclic) bond motifs is 1. The number of anilines is 1. The number of aromatic nitrogens is 4. The number of rotatable bonds is 5. The van der Waals surface area contributed by atoms with Crippen LogP contribution in [0.4, 0.5) is 5.82 Å². The van der Waals surface area contributed by atoms with E-state index in [2.05, 4.69) is 43.6 Å². The van der Waals surface area contributed by atoms with Crippen LogP contribution in [0.3, 0.4) is 0 Å². The summed E-state index contributed by atoms with van der Waals surface area (Å²) < 4.78 is 1.71. The van der Waals surface area contributed by atoms with Gasteiger partial charge in [-0.1, -0.05) is 12.1 Å². The Morgan fingerprint density at radius 1 is 1.31 bits per heavy atom. The maximum absolute atomic E-state index is 12.4. The van der Waals surface area contributed by atoms with Gasteiger partial charge in [0.1, 0.15) is 0 Å². The van der Waals surface area contributed by atoms with Gasteiger partial charge in [0.2, 0.25) is 0 Å². The lowest BCUT2D eigenvalue weighted by Gasteiger charge is -2.33. The summed E-state index contributed by atoms with van der Waals surface area (Å²) >= 11 is 0. The summed E-state index contributed by atoms with van der Waals surface area (Å²) in [5.41, 5.74) is 2.33. The highest BCUT2D eigenvalue weighted by atomic mass is 16.1. The van der Waals surface area contributed by atoms with Crippen molar-refractivity contribution in [1.29, 1.82) is 0 Å². The Morgan fingerprint density at radius 3 is 2.96 bits per heavy atom. The molecule has 3 heterocycles. The van der Waals surface area contributed by atoms with Crippen LogP contribution < -0.4 is 15.8 Å². The van der Waals surface area contributed by atoms with Crippen molar-refractivity contribution in [1.82, 2.24) is 25.1 Å². The van der Waals surface area contributed by atoms with Gasteiger partial charge >= 0.3 is 0 Å². The first-order valence-electron chi connectivity index (χ1n) is 9.20. The summed E-state index contributed by atoms with van der Waals surface area (Å²) in [6.07, 6.45) is 7.32. The zero-order chi connectivity index (χ0) is 17.9. The Labute approximate surface area is 152 Å². The second-order valence-corrected chi connectivity index (χ2v) is 6.78. The molecule has 26 heavy (non-hydrogen) atoms. The van der Waals surface area contributed by atoms with Crippen LogP contribution in [0, 0.1) is 0 Å². The summed E-state index contributed by atoms with van der Waals surface area (Å²) in [4.78, 5) is 18.8. The number of aromatic amines is 1. The minimum atomic E-state index is 0.00858. The Morgan fingerprint density at radius 2 is 2.15 bits per heavy atom. The maximum Gasteiger partial charge on any atom is 0.293 e. The SMILES string of the molecule is CCn1ccnc(N2CCC(NCc3ccc4cn[nH]c4c3)CC2)c1=O. The molecule has 7 heteroatoms. The fourth-order valence-electron chi connectivity index (χ4n) is 3.55. The van der Waals surface area contributed by atoms with E-state index in [4.69, 9.17) is 0 Å². The third kappa shape index (κ3) is 3.35. The molecule has 136 valence electrons. The van der Waals surface area contributed by atoms with E-state index in [0.717, 1.165) is 43.4 Å². The van der Waals surface area contributed by atoms with Crippen molar-refractivity contribution in [3.63, 3.8) is 0 Å². The van der Waals surface area contributed by atoms with Crippen LogP contribution in [0.2, 0.25) is 0 Å². The molecule has 3 aromatic rings. The number of nitrogens with zero attached hydrogens (tertiary/aromatic N) is 4. The van der Waals surface area contributed by atoms with E-state index in [1.165, 1.54) is 5.56 Å². The largest absolute Gasteiger partial charge is 0.352 e. The van der Waals surface area contributed by atoms with Gasteiger partial charge in [0, 0.05) is 50.0 Å². The molecule has 4 rings (SSSR count). The van der Waals surface area contributed by atoms with E-state index < -0.39 is 0 Å². The highest BCUT2D eigenvalue weighted by Crippen LogP contribution is 2.16. The van der Waals surface area contributed by atoms with Gasteiger partial charge in [-0.05, 0) is 31.4 Å². The molecule has 1 saturated heterocycles. The average molecular weight is 352 g/mol. The lowest BCUT2D eigenvalue weighted by molar-refractivity contribution is 0.411. The molecule has 0 aliphatic carbocycles. The summed E-state index contributed by atoms with van der Waals surface area (Å²) in [7, 11) is 0. The predicted molar refractivity (Wildman–Crippen MR) is 102 cm³/mol. The highest BCUT2D eigenvalue weighted by Gasteiger charge is 2.22. The molecule has 1 aliphatic rings. The Bertz CT molecular complexity index is 938. The first kappa shape index (κ1) is 16.8. The molecule has 1 fully saturated rings. The lowest BCUT2D eigenvalue weighted by Crippen LogP contribution is -2.44. The van der Waals surface area contributed by atoms with Gasteiger partial charge in [-0.3, -0.25) is 9.89 Å². The third-order valence-corrected chi connectivity index (χ3v) is 5.13. The highest BCUT2D eigenvalue weighted by molar-refractivity contribution is 5.78. The average Bonchev–Trinajstić information content (AvgIpc) is 3.15. The van der Waals surface area contributed by atoms with E-state index in [-0.39, 0.29) is 5.56 Å². The van der Waals surface area contributed by atoms with Crippen molar-refractivity contribution in [2.24, 2.45) is 0 Å². The zero-order valence-corrected chi connectivity index (χ0v) is 15.0. The van der Waals surface area contributed by atoms with Gasteiger partial charge in [-0.15, -0.1) is 0 Å². The minimum absolute atomic E-state index is 0.00858.